The fourth-order valence-corrected chi connectivity index (χ4v) is 3.16. The molecule has 1 aliphatic heterocycles. The van der Waals surface area contributed by atoms with Crippen LogP contribution in [0.4, 0.5) is 14.5 Å². The topological polar surface area (TPSA) is 80.8 Å². The van der Waals surface area contributed by atoms with Crippen molar-refractivity contribution < 1.29 is 31.5 Å². The van der Waals surface area contributed by atoms with Crippen LogP contribution in [0.25, 0.3) is 0 Å². The second kappa shape index (κ2) is 5.81. The number of nitrogens with zero attached hydrogens (tertiary/aromatic N) is 1. The van der Waals surface area contributed by atoms with Gasteiger partial charge in [-0.2, -0.15) is 0 Å². The van der Waals surface area contributed by atoms with Crippen LogP contribution in [-0.2, 0) is 18.6 Å². The van der Waals surface area contributed by atoms with Crippen LogP contribution in [0.1, 0.15) is 16.8 Å². The van der Waals surface area contributed by atoms with Gasteiger partial charge in [0.1, 0.15) is 16.6 Å². The number of anilines is 1. The smallest absolute Gasteiger partial charge is 0.343 e. The molecule has 0 saturated carbocycles. The monoisotopic (exact) mass is 353 g/mol. The zero-order chi connectivity index (χ0) is 16.7. The van der Waals surface area contributed by atoms with Gasteiger partial charge < -0.3 is 9.64 Å². The van der Waals surface area contributed by atoms with E-state index in [9.17, 15) is 26.8 Å². The van der Waals surface area contributed by atoms with Crippen LogP contribution in [0.15, 0.2) is 12.1 Å². The molecular formula is C12H10ClF2NO5S. The zero-order valence-corrected chi connectivity index (χ0v) is 12.7. The van der Waals surface area contributed by atoms with Crippen molar-refractivity contribution in [3.63, 3.8) is 0 Å². The average Bonchev–Trinajstić information content (AvgIpc) is 2.80. The number of rotatable bonds is 3. The number of halogens is 3. The third-order valence-electron chi connectivity index (χ3n) is 3.24. The molecule has 1 fully saturated rings. The minimum Gasteiger partial charge on any atom is -0.465 e. The molecule has 1 aromatic rings. The van der Waals surface area contributed by atoms with Crippen molar-refractivity contribution in [1.29, 1.82) is 0 Å². The molecule has 2 rings (SSSR count). The Balaban J connectivity index is 2.46. The van der Waals surface area contributed by atoms with Crippen LogP contribution in [0.3, 0.4) is 0 Å². The van der Waals surface area contributed by atoms with Gasteiger partial charge in [-0.05, 0) is 12.1 Å². The summed E-state index contributed by atoms with van der Waals surface area (Å²) >= 11 is 0. The molecule has 1 aliphatic rings. The summed E-state index contributed by atoms with van der Waals surface area (Å²) in [7, 11) is 2.13. The van der Waals surface area contributed by atoms with Crippen molar-refractivity contribution in [3.05, 3.63) is 29.3 Å². The Kier molecular flexibility index (Phi) is 4.39. The van der Waals surface area contributed by atoms with Gasteiger partial charge in [-0.15, -0.1) is 0 Å². The van der Waals surface area contributed by atoms with E-state index >= 15 is 0 Å². The van der Waals surface area contributed by atoms with E-state index in [4.69, 9.17) is 10.7 Å². The number of benzene rings is 1. The maximum absolute atomic E-state index is 14.3. The first-order chi connectivity index (χ1) is 10.2. The molecule has 10 heteroatoms. The molecule has 22 heavy (non-hydrogen) atoms. The number of carbonyl (C=O) groups is 2. The first-order valence-corrected chi connectivity index (χ1v) is 8.34. The SMILES string of the molecule is COC(=O)c1c(F)ccc(N2CC(S(=O)(=O)Cl)CC2=O)c1F. The molecule has 0 radical (unpaired) electrons. The van der Waals surface area contributed by atoms with Crippen LogP contribution in [0.5, 0.6) is 0 Å². The molecule has 0 bridgehead atoms. The summed E-state index contributed by atoms with van der Waals surface area (Å²) in [5.41, 5.74) is -1.36. The average molecular weight is 354 g/mol. The Hall–Kier alpha value is -1.74. The quantitative estimate of drug-likeness (QED) is 0.606. The van der Waals surface area contributed by atoms with Crippen molar-refractivity contribution in [2.24, 2.45) is 0 Å². The number of amides is 1. The minimum atomic E-state index is -4.01. The summed E-state index contributed by atoms with van der Waals surface area (Å²) < 4.78 is 54.7. The number of esters is 1. The molecule has 0 aliphatic carbocycles. The highest BCUT2D eigenvalue weighted by Crippen LogP contribution is 2.31. The molecular weight excluding hydrogens is 344 g/mol. The first-order valence-electron chi connectivity index (χ1n) is 5.97. The first kappa shape index (κ1) is 16.6. The second-order valence-electron chi connectivity index (χ2n) is 4.55. The summed E-state index contributed by atoms with van der Waals surface area (Å²) in [5.74, 6) is -4.39. The van der Waals surface area contributed by atoms with Crippen molar-refractivity contribution in [2.75, 3.05) is 18.6 Å². The molecule has 1 amide bonds. The molecule has 0 spiro atoms. The Bertz CT molecular complexity index is 752. The van der Waals surface area contributed by atoms with Gasteiger partial charge in [0.15, 0.2) is 5.82 Å². The number of ether oxygens (including phenoxy) is 1. The Morgan fingerprint density at radius 2 is 2.05 bits per heavy atom. The Morgan fingerprint density at radius 1 is 1.41 bits per heavy atom. The lowest BCUT2D eigenvalue weighted by atomic mass is 10.1. The van der Waals surface area contributed by atoms with Gasteiger partial charge in [0.25, 0.3) is 0 Å². The van der Waals surface area contributed by atoms with Crippen LogP contribution in [0, 0.1) is 11.6 Å². The Labute approximate surface area is 129 Å². The van der Waals surface area contributed by atoms with E-state index in [2.05, 4.69) is 4.74 Å². The van der Waals surface area contributed by atoms with Crippen LogP contribution >= 0.6 is 10.7 Å². The standard InChI is InChI=1S/C12H10ClF2NO5S/c1-21-12(18)10-7(14)2-3-8(11(10)15)16-5-6(4-9(16)17)22(13,19)20/h2-3,6H,4-5H2,1H3. The van der Waals surface area contributed by atoms with Crippen molar-refractivity contribution in [1.82, 2.24) is 0 Å². The molecule has 6 nitrogen and oxygen atoms in total. The van der Waals surface area contributed by atoms with Gasteiger partial charge in [-0.3, -0.25) is 4.79 Å². The largest absolute Gasteiger partial charge is 0.465 e. The number of methoxy groups -OCH3 is 1. The summed E-state index contributed by atoms with van der Waals surface area (Å²) in [5, 5.41) is -1.20. The lowest BCUT2D eigenvalue weighted by Crippen LogP contribution is -2.28. The van der Waals surface area contributed by atoms with Crippen LogP contribution < -0.4 is 4.90 Å². The molecule has 0 aromatic heterocycles. The van der Waals surface area contributed by atoms with E-state index < -0.39 is 55.5 Å². The summed E-state index contributed by atoms with van der Waals surface area (Å²) in [4.78, 5) is 24.1. The van der Waals surface area contributed by atoms with Crippen LogP contribution in [0.2, 0.25) is 0 Å². The summed E-state index contributed by atoms with van der Waals surface area (Å²) in [6.07, 6.45) is -0.420. The van der Waals surface area contributed by atoms with E-state index in [1.54, 1.807) is 0 Å². The predicted octanol–water partition coefficient (Wildman–Crippen LogP) is 1.43. The fraction of sp³-hybridized carbons (Fsp3) is 0.333. The highest BCUT2D eigenvalue weighted by atomic mass is 35.7. The molecule has 120 valence electrons. The third-order valence-corrected chi connectivity index (χ3v) is 5.11. The maximum Gasteiger partial charge on any atom is 0.343 e. The van der Waals surface area contributed by atoms with E-state index in [-0.39, 0.29) is 6.54 Å². The molecule has 1 atom stereocenters. The lowest BCUT2D eigenvalue weighted by molar-refractivity contribution is -0.117. The van der Waals surface area contributed by atoms with Crippen LogP contribution in [-0.4, -0.2) is 39.2 Å². The summed E-state index contributed by atoms with van der Waals surface area (Å²) in [6.45, 7) is -0.381. The van der Waals surface area contributed by atoms with E-state index in [1.165, 1.54) is 0 Å². The van der Waals surface area contributed by atoms with Crippen molar-refractivity contribution in [3.8, 4) is 0 Å². The second-order valence-corrected chi connectivity index (χ2v) is 7.46. The molecule has 1 heterocycles. The third kappa shape index (κ3) is 2.91. The fourth-order valence-electron chi connectivity index (χ4n) is 2.14. The van der Waals surface area contributed by atoms with E-state index in [0.29, 0.717) is 0 Å². The van der Waals surface area contributed by atoms with Gasteiger partial charge in [0.05, 0.1) is 12.8 Å². The normalized spacial score (nSPS) is 18.6. The van der Waals surface area contributed by atoms with Gasteiger partial charge >= 0.3 is 5.97 Å². The Morgan fingerprint density at radius 3 is 2.55 bits per heavy atom. The molecule has 1 unspecified atom stereocenters. The minimum absolute atomic E-state index is 0.381. The number of hydrogen-bond acceptors (Lipinski definition) is 5. The molecule has 1 saturated heterocycles. The van der Waals surface area contributed by atoms with Gasteiger partial charge in [-0.1, -0.05) is 0 Å². The zero-order valence-electron chi connectivity index (χ0n) is 11.2. The van der Waals surface area contributed by atoms with Crippen molar-refractivity contribution in [2.45, 2.75) is 11.7 Å². The van der Waals surface area contributed by atoms with Gasteiger partial charge in [-0.25, -0.2) is 22.0 Å². The maximum atomic E-state index is 14.3. The highest BCUT2D eigenvalue weighted by molar-refractivity contribution is 8.14. The van der Waals surface area contributed by atoms with Crippen molar-refractivity contribution >= 4 is 37.3 Å². The lowest BCUT2D eigenvalue weighted by Gasteiger charge is -2.18. The summed E-state index contributed by atoms with van der Waals surface area (Å²) in [6, 6.07) is 1.73. The number of hydrogen-bond donors (Lipinski definition) is 0. The predicted molar refractivity (Wildman–Crippen MR) is 73.2 cm³/mol. The van der Waals surface area contributed by atoms with E-state index in [0.717, 1.165) is 24.1 Å². The highest BCUT2D eigenvalue weighted by Gasteiger charge is 2.39. The molecule has 0 N–H and O–H groups in total. The van der Waals surface area contributed by atoms with Gasteiger partial charge in [0.2, 0.25) is 15.0 Å². The molecule has 1 aromatic carbocycles. The van der Waals surface area contributed by atoms with E-state index in [1.807, 2.05) is 0 Å². The van der Waals surface area contributed by atoms with Gasteiger partial charge in [0, 0.05) is 23.6 Å². The number of carbonyl (C=O) groups excluding carboxylic acids is 2.